The van der Waals surface area contributed by atoms with Gasteiger partial charge in [0.25, 0.3) is 0 Å². The molecule has 0 saturated heterocycles. The van der Waals surface area contributed by atoms with Gasteiger partial charge in [-0.3, -0.25) is 14.6 Å². The third kappa shape index (κ3) is 2.31. The van der Waals surface area contributed by atoms with E-state index in [0.29, 0.717) is 23.1 Å². The van der Waals surface area contributed by atoms with Crippen molar-refractivity contribution in [2.75, 3.05) is 0 Å². The molecule has 0 spiro atoms. The molecule has 1 aromatic heterocycles. The molecule has 1 aliphatic rings. The fourth-order valence-corrected chi connectivity index (χ4v) is 2.54. The maximum absolute atomic E-state index is 12.6. The van der Waals surface area contributed by atoms with E-state index in [0.717, 1.165) is 5.56 Å². The summed E-state index contributed by atoms with van der Waals surface area (Å²) in [5, 5.41) is 0. The van der Waals surface area contributed by atoms with Gasteiger partial charge in [-0.1, -0.05) is 29.8 Å². The number of benzene rings is 1. The number of hydrogen-bond acceptors (Lipinski definition) is 3. The molecular formula is C18H15NO2. The van der Waals surface area contributed by atoms with Crippen LogP contribution < -0.4 is 0 Å². The van der Waals surface area contributed by atoms with Crippen molar-refractivity contribution in [1.82, 2.24) is 4.98 Å². The molecule has 0 aliphatic heterocycles. The number of carbonyl (C=O) groups is 2. The Morgan fingerprint density at radius 2 is 1.67 bits per heavy atom. The molecule has 0 atom stereocenters. The van der Waals surface area contributed by atoms with Gasteiger partial charge in [0.15, 0.2) is 5.78 Å². The van der Waals surface area contributed by atoms with Crippen LogP contribution >= 0.6 is 0 Å². The Morgan fingerprint density at radius 1 is 0.952 bits per heavy atom. The van der Waals surface area contributed by atoms with Crippen LogP contribution in [0.5, 0.6) is 0 Å². The zero-order valence-corrected chi connectivity index (χ0v) is 12.0. The average Bonchev–Trinajstić information content (AvgIpc) is 2.51. The second-order valence-electron chi connectivity index (χ2n) is 5.32. The van der Waals surface area contributed by atoms with Crippen LogP contribution in [0.15, 0.2) is 53.7 Å². The van der Waals surface area contributed by atoms with Gasteiger partial charge >= 0.3 is 0 Å². The van der Waals surface area contributed by atoms with E-state index in [2.05, 4.69) is 4.98 Å². The minimum Gasteiger partial charge on any atom is -0.289 e. The van der Waals surface area contributed by atoms with Gasteiger partial charge < -0.3 is 0 Å². The van der Waals surface area contributed by atoms with E-state index in [1.165, 1.54) is 5.56 Å². The van der Waals surface area contributed by atoms with Crippen molar-refractivity contribution in [3.8, 4) is 0 Å². The summed E-state index contributed by atoms with van der Waals surface area (Å²) < 4.78 is 0. The Bertz CT molecular complexity index is 770. The molecule has 1 aromatic carbocycles. The van der Waals surface area contributed by atoms with Gasteiger partial charge in [0.2, 0.25) is 5.78 Å². The van der Waals surface area contributed by atoms with Gasteiger partial charge in [-0.25, -0.2) is 0 Å². The molecule has 1 heterocycles. The number of ketones is 2. The lowest BCUT2D eigenvalue weighted by molar-refractivity contribution is 0.0969. The summed E-state index contributed by atoms with van der Waals surface area (Å²) in [4.78, 5) is 29.0. The maximum Gasteiger partial charge on any atom is 0.208 e. The lowest BCUT2D eigenvalue weighted by atomic mass is 9.84. The van der Waals surface area contributed by atoms with E-state index < -0.39 is 0 Å². The lowest BCUT2D eigenvalue weighted by Gasteiger charge is -2.18. The first-order valence-electron chi connectivity index (χ1n) is 6.87. The molecule has 3 nitrogen and oxygen atoms in total. The van der Waals surface area contributed by atoms with Crippen molar-refractivity contribution in [2.45, 2.75) is 20.3 Å². The van der Waals surface area contributed by atoms with Crippen LogP contribution in [-0.4, -0.2) is 16.6 Å². The van der Waals surface area contributed by atoms with Gasteiger partial charge in [0.1, 0.15) is 5.69 Å². The van der Waals surface area contributed by atoms with Crippen LogP contribution in [0, 0.1) is 6.92 Å². The molecule has 0 saturated carbocycles. The molecule has 2 aromatic rings. The van der Waals surface area contributed by atoms with E-state index in [9.17, 15) is 9.59 Å². The number of pyridine rings is 1. The summed E-state index contributed by atoms with van der Waals surface area (Å²) in [6, 6.07) is 11.4. The zero-order valence-electron chi connectivity index (χ0n) is 12.0. The number of rotatable bonds is 2. The monoisotopic (exact) mass is 277 g/mol. The fraction of sp³-hybridized carbons (Fsp3) is 0.167. The maximum atomic E-state index is 12.6. The molecule has 3 heteroatoms. The summed E-state index contributed by atoms with van der Waals surface area (Å²) in [6.45, 7) is 3.73. The van der Waals surface area contributed by atoms with Gasteiger partial charge in [-0.2, -0.15) is 0 Å². The first-order chi connectivity index (χ1) is 10.1. The highest BCUT2D eigenvalue weighted by Crippen LogP contribution is 2.27. The molecule has 104 valence electrons. The van der Waals surface area contributed by atoms with E-state index >= 15 is 0 Å². The van der Waals surface area contributed by atoms with Gasteiger partial charge in [0, 0.05) is 23.8 Å². The van der Waals surface area contributed by atoms with Crippen molar-refractivity contribution in [2.24, 2.45) is 0 Å². The first kappa shape index (κ1) is 13.4. The van der Waals surface area contributed by atoms with E-state index in [1.807, 2.05) is 31.2 Å². The number of aromatic nitrogens is 1. The lowest BCUT2D eigenvalue weighted by Crippen LogP contribution is -2.23. The topological polar surface area (TPSA) is 47.0 Å². The summed E-state index contributed by atoms with van der Waals surface area (Å²) in [7, 11) is 0. The highest BCUT2D eigenvalue weighted by atomic mass is 16.1. The predicted molar refractivity (Wildman–Crippen MR) is 80.5 cm³/mol. The number of fused-ring (bicyclic) bond motifs is 1. The van der Waals surface area contributed by atoms with E-state index in [1.54, 1.807) is 25.3 Å². The number of Topliss-reactive ketones (excluding diaryl/α,β-unsaturated/α-hetero) is 2. The first-order valence-corrected chi connectivity index (χ1v) is 6.87. The van der Waals surface area contributed by atoms with Crippen LogP contribution in [0.4, 0.5) is 0 Å². The molecule has 3 rings (SSSR count). The highest BCUT2D eigenvalue weighted by molar-refractivity contribution is 6.26. The van der Waals surface area contributed by atoms with Gasteiger partial charge in [0.05, 0.1) is 5.56 Å². The number of carbonyl (C=O) groups excluding carboxylic acids is 2. The van der Waals surface area contributed by atoms with Crippen LogP contribution in [0.2, 0.25) is 0 Å². The van der Waals surface area contributed by atoms with Gasteiger partial charge in [-0.15, -0.1) is 0 Å². The smallest absolute Gasteiger partial charge is 0.208 e. The number of nitrogens with zero attached hydrogens (tertiary/aromatic N) is 1. The Hall–Kier alpha value is -2.55. The molecular weight excluding hydrogens is 262 g/mol. The van der Waals surface area contributed by atoms with Crippen molar-refractivity contribution in [3.05, 3.63) is 76.1 Å². The number of allylic oxidation sites excluding steroid dienone is 2. The summed E-state index contributed by atoms with van der Waals surface area (Å²) in [5.74, 6) is -0.233. The van der Waals surface area contributed by atoms with Crippen molar-refractivity contribution >= 4 is 11.6 Å². The average molecular weight is 277 g/mol. The molecule has 0 radical (unpaired) electrons. The second kappa shape index (κ2) is 5.09. The SMILES string of the molecule is CC1=C(Cc2ccc(C)cc2)C(=O)c2cccnc2C1=O. The van der Waals surface area contributed by atoms with Crippen LogP contribution in [0.25, 0.3) is 0 Å². The van der Waals surface area contributed by atoms with Crippen molar-refractivity contribution in [1.29, 1.82) is 0 Å². The van der Waals surface area contributed by atoms with Crippen molar-refractivity contribution < 1.29 is 9.59 Å². The summed E-state index contributed by atoms with van der Waals surface area (Å²) in [6.07, 6.45) is 2.02. The third-order valence-corrected chi connectivity index (χ3v) is 3.84. The molecule has 0 bridgehead atoms. The summed E-state index contributed by atoms with van der Waals surface area (Å²) >= 11 is 0. The molecule has 0 fully saturated rings. The zero-order chi connectivity index (χ0) is 15.0. The standard InChI is InChI=1S/C18H15NO2/c1-11-5-7-13(8-6-11)10-15-12(2)17(20)16-14(18(15)21)4-3-9-19-16/h3-9H,10H2,1-2H3. The Kier molecular flexibility index (Phi) is 3.26. The second-order valence-corrected chi connectivity index (χ2v) is 5.32. The van der Waals surface area contributed by atoms with Crippen LogP contribution in [0.1, 0.15) is 38.9 Å². The third-order valence-electron chi connectivity index (χ3n) is 3.84. The Labute approximate surface area is 123 Å². The molecule has 21 heavy (non-hydrogen) atoms. The summed E-state index contributed by atoms with van der Waals surface area (Å²) in [5.41, 5.74) is 3.97. The molecule has 1 aliphatic carbocycles. The van der Waals surface area contributed by atoms with E-state index in [-0.39, 0.29) is 17.3 Å². The number of hydrogen-bond donors (Lipinski definition) is 0. The molecule has 0 N–H and O–H groups in total. The Morgan fingerprint density at radius 3 is 2.38 bits per heavy atom. The van der Waals surface area contributed by atoms with Crippen LogP contribution in [-0.2, 0) is 6.42 Å². The fourth-order valence-electron chi connectivity index (χ4n) is 2.54. The minimum absolute atomic E-state index is 0.0872. The number of aryl methyl sites for hydroxylation is 1. The van der Waals surface area contributed by atoms with Crippen molar-refractivity contribution in [3.63, 3.8) is 0 Å². The largest absolute Gasteiger partial charge is 0.289 e. The minimum atomic E-state index is -0.146. The quantitative estimate of drug-likeness (QED) is 0.846. The van der Waals surface area contributed by atoms with E-state index in [4.69, 9.17) is 0 Å². The highest BCUT2D eigenvalue weighted by Gasteiger charge is 2.30. The normalized spacial score (nSPS) is 14.4. The Balaban J connectivity index is 2.02. The van der Waals surface area contributed by atoms with Gasteiger partial charge in [-0.05, 0) is 31.5 Å². The molecule has 0 amide bonds. The van der Waals surface area contributed by atoms with Crippen LogP contribution in [0.3, 0.4) is 0 Å². The molecule has 0 unspecified atom stereocenters. The predicted octanol–water partition coefficient (Wildman–Crippen LogP) is 3.33.